The fourth-order valence-electron chi connectivity index (χ4n) is 4.10. The summed E-state index contributed by atoms with van der Waals surface area (Å²) in [6, 6.07) is 27.4. The van der Waals surface area contributed by atoms with Gasteiger partial charge in [-0.25, -0.2) is 9.59 Å². The first kappa shape index (κ1) is 31.0. The highest BCUT2D eigenvalue weighted by Gasteiger charge is 2.19. The highest BCUT2D eigenvalue weighted by atomic mass is 16.6. The number of azo groups is 1. The summed E-state index contributed by atoms with van der Waals surface area (Å²) < 4.78 is 10.8. The molecule has 0 fully saturated rings. The number of hydrogen-bond acceptors (Lipinski definition) is 9. The van der Waals surface area contributed by atoms with E-state index < -0.39 is 22.5 Å². The monoisotopic (exact) mass is 590 g/mol. The number of hydrogen-bond donors (Lipinski definition) is 0. The third-order valence-electron chi connectivity index (χ3n) is 6.33. The van der Waals surface area contributed by atoms with Gasteiger partial charge in [0.1, 0.15) is 5.69 Å². The molecule has 0 atom stereocenters. The fraction of sp³-hybridized carbons (Fsp3) is 0.118. The van der Waals surface area contributed by atoms with Gasteiger partial charge in [-0.05, 0) is 61.4 Å². The minimum Gasteiger partial charge on any atom is -0.421 e. The molecule has 0 saturated heterocycles. The number of rotatable bonds is 12. The fourth-order valence-corrected chi connectivity index (χ4v) is 4.10. The number of nitrogens with zero attached hydrogens (tertiary/aromatic N) is 4. The summed E-state index contributed by atoms with van der Waals surface area (Å²) in [5.41, 5.74) is 2.35. The molecule has 0 saturated carbocycles. The molecule has 44 heavy (non-hydrogen) atoms. The Hall–Kier alpha value is -5.90. The number of carbonyl (C=O) groups is 2. The molecule has 222 valence electrons. The SMILES string of the molecule is CCN(CC)c1ccc(/N=N/c2ccc(OC(=O)/C=C/c3ccccc3)c([N+](=O)[O-])c2)c(OC(=O)/C=C/c2ccccc2)c1. The van der Waals surface area contributed by atoms with Crippen molar-refractivity contribution in [3.8, 4) is 11.5 Å². The lowest BCUT2D eigenvalue weighted by atomic mass is 10.2. The highest BCUT2D eigenvalue weighted by Crippen LogP contribution is 2.36. The normalized spacial score (nSPS) is 11.2. The first-order valence-corrected chi connectivity index (χ1v) is 13.8. The minimum absolute atomic E-state index is 0.130. The second-order valence-electron chi connectivity index (χ2n) is 9.26. The van der Waals surface area contributed by atoms with Crippen LogP contribution in [0.1, 0.15) is 25.0 Å². The van der Waals surface area contributed by atoms with E-state index >= 15 is 0 Å². The largest absolute Gasteiger partial charge is 0.421 e. The molecule has 0 aliphatic carbocycles. The summed E-state index contributed by atoms with van der Waals surface area (Å²) >= 11 is 0. The first-order valence-electron chi connectivity index (χ1n) is 13.8. The third kappa shape index (κ3) is 8.80. The van der Waals surface area contributed by atoms with Gasteiger partial charge in [0, 0.05) is 43.1 Å². The standard InChI is InChI=1S/C34H30N4O6/c1-3-37(4-2)28-18-19-29(32(24-28)44-34(40)22-16-26-13-9-6-10-14-26)36-35-27-17-20-31(30(23-27)38(41)42)43-33(39)21-15-25-11-7-5-8-12-25/h5-24H,3-4H2,1-2H3/b21-15+,22-16+,36-35+. The van der Waals surface area contributed by atoms with Gasteiger partial charge in [-0.2, -0.15) is 5.11 Å². The zero-order valence-corrected chi connectivity index (χ0v) is 24.2. The molecule has 10 heteroatoms. The first-order chi connectivity index (χ1) is 21.4. The number of benzene rings is 4. The molecule has 0 aliphatic heterocycles. The summed E-state index contributed by atoms with van der Waals surface area (Å²) in [7, 11) is 0. The quantitative estimate of drug-likeness (QED) is 0.0408. The van der Waals surface area contributed by atoms with E-state index in [2.05, 4.69) is 15.1 Å². The van der Waals surface area contributed by atoms with Gasteiger partial charge < -0.3 is 14.4 Å². The van der Waals surface area contributed by atoms with E-state index in [1.165, 1.54) is 24.3 Å². The smallest absolute Gasteiger partial charge is 0.336 e. The van der Waals surface area contributed by atoms with Gasteiger partial charge in [-0.1, -0.05) is 60.7 Å². The topological polar surface area (TPSA) is 124 Å². The van der Waals surface area contributed by atoms with E-state index in [0.29, 0.717) is 0 Å². The van der Waals surface area contributed by atoms with Gasteiger partial charge in [0.2, 0.25) is 5.75 Å². The van der Waals surface area contributed by atoms with Crippen molar-refractivity contribution < 1.29 is 24.0 Å². The van der Waals surface area contributed by atoms with Gasteiger partial charge in [-0.15, -0.1) is 5.11 Å². The van der Waals surface area contributed by atoms with Crippen LogP contribution in [-0.2, 0) is 9.59 Å². The van der Waals surface area contributed by atoms with Gasteiger partial charge >= 0.3 is 17.6 Å². The van der Waals surface area contributed by atoms with Crippen molar-refractivity contribution in [1.82, 2.24) is 0 Å². The maximum atomic E-state index is 12.7. The number of nitro groups is 1. The number of nitro benzene ring substituents is 1. The molecule has 0 aromatic heterocycles. The highest BCUT2D eigenvalue weighted by molar-refractivity contribution is 5.90. The lowest BCUT2D eigenvalue weighted by Gasteiger charge is -2.21. The number of esters is 2. The lowest BCUT2D eigenvalue weighted by molar-refractivity contribution is -0.385. The van der Waals surface area contributed by atoms with Crippen molar-refractivity contribution in [1.29, 1.82) is 0 Å². The van der Waals surface area contributed by atoms with E-state index in [0.717, 1.165) is 36.0 Å². The zero-order chi connectivity index (χ0) is 31.3. The summed E-state index contributed by atoms with van der Waals surface area (Å²) in [6.07, 6.45) is 5.69. The van der Waals surface area contributed by atoms with Crippen molar-refractivity contribution in [2.75, 3.05) is 18.0 Å². The van der Waals surface area contributed by atoms with Crippen LogP contribution in [0.15, 0.2) is 119 Å². The Labute approximate surface area is 254 Å². The van der Waals surface area contributed by atoms with Crippen LogP contribution in [-0.4, -0.2) is 30.0 Å². The van der Waals surface area contributed by atoms with Crippen molar-refractivity contribution in [3.05, 3.63) is 130 Å². The maximum Gasteiger partial charge on any atom is 0.336 e. The summed E-state index contributed by atoms with van der Waals surface area (Å²) in [4.78, 5) is 38.2. The summed E-state index contributed by atoms with van der Waals surface area (Å²) in [5, 5.41) is 20.1. The molecule has 10 nitrogen and oxygen atoms in total. The van der Waals surface area contributed by atoms with Crippen LogP contribution in [0.3, 0.4) is 0 Å². The zero-order valence-electron chi connectivity index (χ0n) is 24.2. The molecule has 4 rings (SSSR count). The van der Waals surface area contributed by atoms with Gasteiger partial charge in [0.15, 0.2) is 5.75 Å². The molecule has 0 heterocycles. The van der Waals surface area contributed by atoms with Gasteiger partial charge in [0.05, 0.1) is 10.6 Å². The van der Waals surface area contributed by atoms with E-state index in [1.807, 2.05) is 68.4 Å². The molecule has 0 unspecified atom stereocenters. The molecule has 4 aromatic carbocycles. The second-order valence-corrected chi connectivity index (χ2v) is 9.26. The molecule has 0 aliphatic rings. The number of ether oxygens (including phenoxy) is 2. The van der Waals surface area contributed by atoms with Crippen LogP contribution in [0.4, 0.5) is 22.7 Å². The lowest BCUT2D eigenvalue weighted by Crippen LogP contribution is -2.21. The van der Waals surface area contributed by atoms with Crippen LogP contribution in [0, 0.1) is 10.1 Å². The maximum absolute atomic E-state index is 12.7. The van der Waals surface area contributed by atoms with Crippen molar-refractivity contribution in [3.63, 3.8) is 0 Å². The van der Waals surface area contributed by atoms with Crippen molar-refractivity contribution in [2.24, 2.45) is 10.2 Å². The molecule has 0 radical (unpaired) electrons. The molecule has 4 aromatic rings. The summed E-state index contributed by atoms with van der Waals surface area (Å²) in [6.45, 7) is 5.50. The molecule has 0 amide bonds. The molecule has 0 spiro atoms. The van der Waals surface area contributed by atoms with Crippen LogP contribution in [0.25, 0.3) is 12.2 Å². The Morgan fingerprint density at radius 3 is 1.86 bits per heavy atom. The van der Waals surface area contributed by atoms with Crippen molar-refractivity contribution in [2.45, 2.75) is 13.8 Å². The van der Waals surface area contributed by atoms with E-state index in [1.54, 1.807) is 36.4 Å². The second kappa shape index (κ2) is 15.4. The molecular formula is C34H30N4O6. The summed E-state index contributed by atoms with van der Waals surface area (Å²) in [5.74, 6) is -1.44. The van der Waals surface area contributed by atoms with Crippen LogP contribution in [0.2, 0.25) is 0 Å². The van der Waals surface area contributed by atoms with E-state index in [4.69, 9.17) is 9.47 Å². The van der Waals surface area contributed by atoms with E-state index in [-0.39, 0.29) is 22.9 Å². The van der Waals surface area contributed by atoms with Crippen LogP contribution >= 0.6 is 0 Å². The Kier molecular flexibility index (Phi) is 10.8. The predicted octanol–water partition coefficient (Wildman–Crippen LogP) is 8.09. The van der Waals surface area contributed by atoms with Crippen molar-refractivity contribution >= 4 is 46.8 Å². The predicted molar refractivity (Wildman–Crippen MR) is 169 cm³/mol. The van der Waals surface area contributed by atoms with Crippen LogP contribution in [0.5, 0.6) is 11.5 Å². The molecule has 0 N–H and O–H groups in total. The average Bonchev–Trinajstić information content (AvgIpc) is 3.04. The molecular weight excluding hydrogens is 560 g/mol. The van der Waals surface area contributed by atoms with Crippen LogP contribution < -0.4 is 14.4 Å². The van der Waals surface area contributed by atoms with Gasteiger partial charge in [-0.3, -0.25) is 10.1 Å². The Bertz CT molecular complexity index is 1700. The third-order valence-corrected chi connectivity index (χ3v) is 6.33. The Balaban J connectivity index is 1.56. The van der Waals surface area contributed by atoms with Gasteiger partial charge in [0.25, 0.3) is 0 Å². The average molecular weight is 591 g/mol. The Morgan fingerprint density at radius 2 is 1.32 bits per heavy atom. The molecule has 0 bridgehead atoms. The minimum atomic E-state index is -0.771. The number of carbonyl (C=O) groups excluding carboxylic acids is 2. The number of anilines is 1. The van der Waals surface area contributed by atoms with E-state index in [9.17, 15) is 19.7 Å². The Morgan fingerprint density at radius 1 is 0.750 bits per heavy atom.